The highest BCUT2D eigenvalue weighted by Crippen LogP contribution is 2.30. The molecule has 1 N–H and O–H groups in total. The van der Waals surface area contributed by atoms with Crippen molar-refractivity contribution in [2.45, 2.75) is 18.9 Å². The summed E-state index contributed by atoms with van der Waals surface area (Å²) in [5.74, 6) is 0.163. The second-order valence-corrected chi connectivity index (χ2v) is 6.16. The number of carbonyl (C=O) groups is 1. The average Bonchev–Trinajstić information content (AvgIpc) is 2.86. The van der Waals surface area contributed by atoms with Crippen LogP contribution >= 0.6 is 15.9 Å². The van der Waals surface area contributed by atoms with E-state index < -0.39 is 5.97 Å². The minimum absolute atomic E-state index is 0.347. The first kappa shape index (κ1) is 13.6. The van der Waals surface area contributed by atoms with E-state index in [2.05, 4.69) is 22.0 Å². The van der Waals surface area contributed by atoms with E-state index in [1.807, 2.05) is 23.1 Å². The van der Waals surface area contributed by atoms with Crippen LogP contribution in [0.15, 0.2) is 28.2 Å². The predicted molar refractivity (Wildman–Crippen MR) is 79.8 cm³/mol. The van der Waals surface area contributed by atoms with Crippen molar-refractivity contribution in [2.24, 2.45) is 0 Å². The third kappa shape index (κ3) is 2.74. The second kappa shape index (κ2) is 5.58. The van der Waals surface area contributed by atoms with Gasteiger partial charge in [-0.15, -0.1) is 0 Å². The Kier molecular flexibility index (Phi) is 3.81. The molecule has 1 aromatic rings. The fourth-order valence-corrected chi connectivity index (χ4v) is 3.22. The summed E-state index contributed by atoms with van der Waals surface area (Å²) >= 11 is 3.45. The Labute approximate surface area is 126 Å². The molecule has 0 bridgehead atoms. The van der Waals surface area contributed by atoms with Crippen LogP contribution < -0.4 is 4.74 Å². The third-order valence-electron chi connectivity index (χ3n) is 3.80. The second-order valence-electron chi connectivity index (χ2n) is 5.24. The molecule has 0 aromatic heterocycles. The standard InChI is InChI=1S/C15H16BrNO3/c16-12-3-4-14-11(7-12)6-10(9-20-14)8-17-5-1-2-13(17)15(18)19/h3-4,6-7,13H,1-2,5,8-9H2,(H,18,19)/t13-/m1/s1. The van der Waals surface area contributed by atoms with Gasteiger partial charge in [0.25, 0.3) is 0 Å². The fourth-order valence-electron chi connectivity index (χ4n) is 2.84. The number of rotatable bonds is 3. The molecule has 0 spiro atoms. The van der Waals surface area contributed by atoms with Crippen molar-refractivity contribution < 1.29 is 14.6 Å². The Morgan fingerprint density at radius 2 is 2.35 bits per heavy atom. The molecular weight excluding hydrogens is 322 g/mol. The summed E-state index contributed by atoms with van der Waals surface area (Å²) in [6, 6.07) is 5.58. The molecular formula is C15H16BrNO3. The summed E-state index contributed by atoms with van der Waals surface area (Å²) in [4.78, 5) is 13.2. The lowest BCUT2D eigenvalue weighted by molar-refractivity contribution is -0.142. The molecule has 3 rings (SSSR count). The zero-order chi connectivity index (χ0) is 14.1. The molecule has 0 aliphatic carbocycles. The molecule has 5 heteroatoms. The summed E-state index contributed by atoms with van der Waals surface area (Å²) in [7, 11) is 0. The highest BCUT2D eigenvalue weighted by Gasteiger charge is 2.31. The van der Waals surface area contributed by atoms with Gasteiger partial charge in [-0.2, -0.15) is 0 Å². The van der Waals surface area contributed by atoms with E-state index in [9.17, 15) is 9.90 Å². The predicted octanol–water partition coefficient (Wildman–Crippen LogP) is 2.77. The third-order valence-corrected chi connectivity index (χ3v) is 4.29. The molecule has 1 saturated heterocycles. The molecule has 2 heterocycles. The van der Waals surface area contributed by atoms with Crippen LogP contribution in [0.5, 0.6) is 5.75 Å². The van der Waals surface area contributed by atoms with Crippen molar-refractivity contribution in [3.05, 3.63) is 33.8 Å². The smallest absolute Gasteiger partial charge is 0.320 e. The van der Waals surface area contributed by atoms with Crippen LogP contribution in [0.1, 0.15) is 18.4 Å². The number of aliphatic carboxylic acids is 1. The first-order chi connectivity index (χ1) is 9.63. The lowest BCUT2D eigenvalue weighted by atomic mass is 10.1. The van der Waals surface area contributed by atoms with Gasteiger partial charge in [0.15, 0.2) is 0 Å². The van der Waals surface area contributed by atoms with Crippen LogP contribution in [0.3, 0.4) is 0 Å². The van der Waals surface area contributed by atoms with Crippen LogP contribution in [0.25, 0.3) is 6.08 Å². The van der Waals surface area contributed by atoms with Gasteiger partial charge in [0.1, 0.15) is 18.4 Å². The fraction of sp³-hybridized carbons (Fsp3) is 0.400. The van der Waals surface area contributed by atoms with Crippen LogP contribution in [0.4, 0.5) is 0 Å². The molecule has 0 radical (unpaired) electrons. The lowest BCUT2D eigenvalue weighted by Crippen LogP contribution is -2.38. The molecule has 1 atom stereocenters. The quantitative estimate of drug-likeness (QED) is 0.921. The Morgan fingerprint density at radius 3 is 3.15 bits per heavy atom. The van der Waals surface area contributed by atoms with Crippen molar-refractivity contribution in [1.29, 1.82) is 0 Å². The van der Waals surface area contributed by atoms with Crippen molar-refractivity contribution in [3.8, 4) is 5.75 Å². The van der Waals surface area contributed by atoms with Crippen molar-refractivity contribution in [1.82, 2.24) is 4.90 Å². The van der Waals surface area contributed by atoms with Gasteiger partial charge >= 0.3 is 5.97 Å². The van der Waals surface area contributed by atoms with Gasteiger partial charge in [0.2, 0.25) is 0 Å². The summed E-state index contributed by atoms with van der Waals surface area (Å²) in [5.41, 5.74) is 2.18. The summed E-state index contributed by atoms with van der Waals surface area (Å²) in [5, 5.41) is 9.21. The van der Waals surface area contributed by atoms with Crippen LogP contribution in [-0.4, -0.2) is 41.7 Å². The van der Waals surface area contributed by atoms with Crippen LogP contribution in [0, 0.1) is 0 Å². The molecule has 106 valence electrons. The number of fused-ring (bicyclic) bond motifs is 1. The molecule has 20 heavy (non-hydrogen) atoms. The Balaban J connectivity index is 1.77. The first-order valence-corrected chi connectivity index (χ1v) is 7.51. The normalized spacial score (nSPS) is 22.1. The van der Waals surface area contributed by atoms with Gasteiger partial charge < -0.3 is 9.84 Å². The molecule has 0 saturated carbocycles. The topological polar surface area (TPSA) is 49.8 Å². The summed E-state index contributed by atoms with van der Waals surface area (Å²) in [6.45, 7) is 2.06. The molecule has 2 aliphatic rings. The number of carboxylic acids is 1. The van der Waals surface area contributed by atoms with Gasteiger partial charge in [-0.25, -0.2) is 0 Å². The van der Waals surface area contributed by atoms with Crippen LogP contribution in [-0.2, 0) is 4.79 Å². The number of halogens is 1. The maximum Gasteiger partial charge on any atom is 0.320 e. The number of carboxylic acid groups (broad SMARTS) is 1. The van der Waals surface area contributed by atoms with Crippen molar-refractivity contribution >= 4 is 28.0 Å². The molecule has 2 aliphatic heterocycles. The Morgan fingerprint density at radius 1 is 1.50 bits per heavy atom. The molecule has 1 fully saturated rings. The summed E-state index contributed by atoms with van der Waals surface area (Å²) in [6.07, 6.45) is 3.81. The van der Waals surface area contributed by atoms with E-state index in [-0.39, 0.29) is 6.04 Å². The zero-order valence-electron chi connectivity index (χ0n) is 11.0. The van der Waals surface area contributed by atoms with Crippen molar-refractivity contribution in [2.75, 3.05) is 19.7 Å². The van der Waals surface area contributed by atoms with E-state index >= 15 is 0 Å². The number of hydrogen-bond acceptors (Lipinski definition) is 3. The lowest BCUT2D eigenvalue weighted by Gasteiger charge is -2.25. The number of nitrogens with zero attached hydrogens (tertiary/aromatic N) is 1. The van der Waals surface area contributed by atoms with Gasteiger partial charge in [0.05, 0.1) is 0 Å². The van der Waals surface area contributed by atoms with E-state index in [0.717, 1.165) is 40.7 Å². The average molecular weight is 338 g/mol. The van der Waals surface area contributed by atoms with E-state index in [1.54, 1.807) is 0 Å². The monoisotopic (exact) mass is 337 g/mol. The van der Waals surface area contributed by atoms with E-state index in [0.29, 0.717) is 13.2 Å². The van der Waals surface area contributed by atoms with Crippen molar-refractivity contribution in [3.63, 3.8) is 0 Å². The number of hydrogen-bond donors (Lipinski definition) is 1. The largest absolute Gasteiger partial charge is 0.489 e. The minimum Gasteiger partial charge on any atom is -0.489 e. The first-order valence-electron chi connectivity index (χ1n) is 6.72. The zero-order valence-corrected chi connectivity index (χ0v) is 12.6. The Hall–Kier alpha value is -1.33. The molecule has 4 nitrogen and oxygen atoms in total. The summed E-state index contributed by atoms with van der Waals surface area (Å²) < 4.78 is 6.75. The molecule has 0 amide bonds. The van der Waals surface area contributed by atoms with E-state index in [1.165, 1.54) is 0 Å². The number of ether oxygens (including phenoxy) is 1. The highest BCUT2D eigenvalue weighted by molar-refractivity contribution is 9.10. The van der Waals surface area contributed by atoms with E-state index in [4.69, 9.17) is 4.74 Å². The maximum atomic E-state index is 11.2. The van der Waals surface area contributed by atoms with Gasteiger partial charge in [-0.1, -0.05) is 15.9 Å². The van der Waals surface area contributed by atoms with Gasteiger partial charge in [-0.05, 0) is 49.2 Å². The number of likely N-dealkylation sites (tertiary alicyclic amines) is 1. The Bertz CT molecular complexity index is 570. The molecule has 1 aromatic carbocycles. The highest BCUT2D eigenvalue weighted by atomic mass is 79.9. The SMILES string of the molecule is O=C(O)[C@H]1CCCN1CC1=Cc2cc(Br)ccc2OC1. The van der Waals surface area contributed by atoms with Crippen LogP contribution in [0.2, 0.25) is 0 Å². The van der Waals surface area contributed by atoms with Gasteiger partial charge in [-0.3, -0.25) is 9.69 Å². The van der Waals surface area contributed by atoms with Gasteiger partial charge in [0, 0.05) is 16.6 Å². The molecule has 0 unspecified atom stereocenters. The minimum atomic E-state index is -0.719. The maximum absolute atomic E-state index is 11.2. The number of benzene rings is 1.